The number of hydrogen-bond acceptors (Lipinski definition) is 5. The number of amides is 1. The van der Waals surface area contributed by atoms with Crippen molar-refractivity contribution in [3.8, 4) is 11.5 Å². The van der Waals surface area contributed by atoms with Gasteiger partial charge in [-0.05, 0) is 42.8 Å². The van der Waals surface area contributed by atoms with Crippen LogP contribution in [-0.4, -0.2) is 28.5 Å². The molecule has 2 aromatic carbocycles. The first-order chi connectivity index (χ1) is 12.3. The van der Waals surface area contributed by atoms with E-state index < -0.39 is 16.1 Å². The van der Waals surface area contributed by atoms with Crippen LogP contribution in [0.1, 0.15) is 25.5 Å². The Hall–Kier alpha value is -2.58. The van der Waals surface area contributed by atoms with Crippen LogP contribution in [0, 0.1) is 0 Å². The summed E-state index contributed by atoms with van der Waals surface area (Å²) >= 11 is 0. The van der Waals surface area contributed by atoms with Crippen molar-refractivity contribution in [3.05, 3.63) is 48.0 Å². The molecule has 0 fully saturated rings. The highest BCUT2D eigenvalue weighted by atomic mass is 32.2. The smallest absolute Gasteiger partial charge is 0.241 e. The van der Waals surface area contributed by atoms with Crippen LogP contribution in [0.15, 0.2) is 47.4 Å². The number of hydrogen-bond donors (Lipinski definition) is 2. The number of carbonyl (C=O) groups excluding carboxylic acids is 1. The zero-order valence-electron chi connectivity index (χ0n) is 15.1. The van der Waals surface area contributed by atoms with Gasteiger partial charge in [-0.25, -0.2) is 13.1 Å². The summed E-state index contributed by atoms with van der Waals surface area (Å²) in [5.41, 5.74) is 1.09. The molecular weight excluding hydrogens is 356 g/mol. The highest BCUT2D eigenvalue weighted by Gasteiger charge is 2.20. The monoisotopic (exact) mass is 378 g/mol. The Balaban J connectivity index is 2.26. The second kappa shape index (κ2) is 8.20. The summed E-state index contributed by atoms with van der Waals surface area (Å²) in [7, 11) is -0.784. The van der Waals surface area contributed by atoms with E-state index >= 15 is 0 Å². The third-order valence-corrected chi connectivity index (χ3v) is 5.28. The number of benzene rings is 2. The summed E-state index contributed by atoms with van der Waals surface area (Å²) in [4.78, 5) is 11.3. The highest BCUT2D eigenvalue weighted by molar-refractivity contribution is 7.89. The van der Waals surface area contributed by atoms with Crippen LogP contribution in [0.4, 0.5) is 5.69 Å². The van der Waals surface area contributed by atoms with E-state index in [4.69, 9.17) is 9.47 Å². The van der Waals surface area contributed by atoms with Gasteiger partial charge in [0.2, 0.25) is 15.9 Å². The van der Waals surface area contributed by atoms with Gasteiger partial charge in [-0.2, -0.15) is 0 Å². The van der Waals surface area contributed by atoms with Gasteiger partial charge in [0.25, 0.3) is 0 Å². The SMILES string of the molecule is COc1ccc([C@@H](C)NS(=O)(=O)c2ccc(OC)c(NC(C)=O)c2)cc1. The average Bonchev–Trinajstić information content (AvgIpc) is 2.60. The second-order valence-electron chi connectivity index (χ2n) is 5.66. The van der Waals surface area contributed by atoms with Gasteiger partial charge < -0.3 is 14.8 Å². The number of methoxy groups -OCH3 is 2. The predicted molar refractivity (Wildman–Crippen MR) is 99.0 cm³/mol. The molecule has 0 spiro atoms. The minimum absolute atomic E-state index is 0.0300. The van der Waals surface area contributed by atoms with Gasteiger partial charge in [-0.15, -0.1) is 0 Å². The Bertz CT molecular complexity index is 879. The summed E-state index contributed by atoms with van der Waals surface area (Å²) in [6.07, 6.45) is 0. The number of anilines is 1. The lowest BCUT2D eigenvalue weighted by Gasteiger charge is -2.16. The Morgan fingerprint density at radius 3 is 2.23 bits per heavy atom. The molecule has 0 bridgehead atoms. The predicted octanol–water partition coefficient (Wildman–Crippen LogP) is 2.70. The van der Waals surface area contributed by atoms with Crippen LogP contribution >= 0.6 is 0 Å². The van der Waals surface area contributed by atoms with Gasteiger partial charge in [-0.1, -0.05) is 12.1 Å². The Labute approximate surface area is 153 Å². The Morgan fingerprint density at radius 1 is 1.04 bits per heavy atom. The number of sulfonamides is 1. The molecule has 2 aromatic rings. The number of carbonyl (C=O) groups is 1. The number of nitrogens with one attached hydrogen (secondary N) is 2. The van der Waals surface area contributed by atoms with E-state index in [1.54, 1.807) is 38.3 Å². The molecule has 7 nitrogen and oxygen atoms in total. The molecule has 0 aromatic heterocycles. The molecule has 0 saturated heterocycles. The van der Waals surface area contributed by atoms with Crippen molar-refractivity contribution >= 4 is 21.6 Å². The molecule has 2 rings (SSSR count). The van der Waals surface area contributed by atoms with E-state index in [2.05, 4.69) is 10.0 Å². The molecule has 0 unspecified atom stereocenters. The van der Waals surface area contributed by atoms with Gasteiger partial charge in [0, 0.05) is 13.0 Å². The fourth-order valence-corrected chi connectivity index (χ4v) is 3.66. The van der Waals surface area contributed by atoms with Gasteiger partial charge in [0.15, 0.2) is 0 Å². The van der Waals surface area contributed by atoms with E-state index in [1.165, 1.54) is 32.2 Å². The number of rotatable bonds is 7. The van der Waals surface area contributed by atoms with Crippen molar-refractivity contribution in [1.29, 1.82) is 0 Å². The van der Waals surface area contributed by atoms with Crippen molar-refractivity contribution in [3.63, 3.8) is 0 Å². The second-order valence-corrected chi connectivity index (χ2v) is 7.37. The number of ether oxygens (including phenoxy) is 2. The Kier molecular flexibility index (Phi) is 6.23. The third kappa shape index (κ3) is 4.74. The molecule has 1 atom stereocenters. The van der Waals surface area contributed by atoms with E-state index in [1.807, 2.05) is 0 Å². The maximum absolute atomic E-state index is 12.7. The fraction of sp³-hybridized carbons (Fsp3) is 0.278. The van der Waals surface area contributed by atoms with Gasteiger partial charge >= 0.3 is 0 Å². The minimum atomic E-state index is -3.79. The van der Waals surface area contributed by atoms with Crippen molar-refractivity contribution in [2.24, 2.45) is 0 Å². The first-order valence-corrected chi connectivity index (χ1v) is 9.37. The van der Waals surface area contributed by atoms with Crippen LogP contribution in [0.25, 0.3) is 0 Å². The molecule has 2 N–H and O–H groups in total. The van der Waals surface area contributed by atoms with Gasteiger partial charge in [-0.3, -0.25) is 4.79 Å². The molecule has 0 saturated carbocycles. The van der Waals surface area contributed by atoms with Crippen LogP contribution in [-0.2, 0) is 14.8 Å². The third-order valence-electron chi connectivity index (χ3n) is 3.74. The topological polar surface area (TPSA) is 93.7 Å². The fourth-order valence-electron chi connectivity index (χ4n) is 2.40. The lowest BCUT2D eigenvalue weighted by Crippen LogP contribution is -2.27. The molecule has 8 heteroatoms. The maximum atomic E-state index is 12.7. The van der Waals surface area contributed by atoms with Gasteiger partial charge in [0.1, 0.15) is 11.5 Å². The molecule has 140 valence electrons. The average molecular weight is 378 g/mol. The van der Waals surface area contributed by atoms with Crippen LogP contribution in [0.5, 0.6) is 11.5 Å². The lowest BCUT2D eigenvalue weighted by molar-refractivity contribution is -0.114. The minimum Gasteiger partial charge on any atom is -0.497 e. The van der Waals surface area contributed by atoms with Crippen molar-refractivity contribution < 1.29 is 22.7 Å². The van der Waals surface area contributed by atoms with E-state index in [-0.39, 0.29) is 10.8 Å². The lowest BCUT2D eigenvalue weighted by atomic mass is 10.1. The quantitative estimate of drug-likeness (QED) is 0.773. The van der Waals surface area contributed by atoms with Crippen molar-refractivity contribution in [2.75, 3.05) is 19.5 Å². The molecule has 1 amide bonds. The first-order valence-electron chi connectivity index (χ1n) is 7.88. The zero-order chi connectivity index (χ0) is 19.3. The Morgan fingerprint density at radius 2 is 1.69 bits per heavy atom. The van der Waals surface area contributed by atoms with Crippen molar-refractivity contribution in [2.45, 2.75) is 24.8 Å². The van der Waals surface area contributed by atoms with Crippen LogP contribution in [0.2, 0.25) is 0 Å². The molecule has 0 heterocycles. The normalized spacial score (nSPS) is 12.3. The summed E-state index contributed by atoms with van der Waals surface area (Å²) in [6, 6.07) is 11.0. The van der Waals surface area contributed by atoms with E-state index in [9.17, 15) is 13.2 Å². The summed E-state index contributed by atoms with van der Waals surface area (Å²) in [5, 5.41) is 2.56. The maximum Gasteiger partial charge on any atom is 0.241 e. The molecule has 0 aliphatic carbocycles. The largest absolute Gasteiger partial charge is 0.497 e. The van der Waals surface area contributed by atoms with Crippen LogP contribution < -0.4 is 19.5 Å². The zero-order valence-corrected chi connectivity index (χ0v) is 15.9. The molecule has 0 radical (unpaired) electrons. The summed E-state index contributed by atoms with van der Waals surface area (Å²) in [5.74, 6) is 0.749. The van der Waals surface area contributed by atoms with Crippen LogP contribution in [0.3, 0.4) is 0 Å². The van der Waals surface area contributed by atoms with Crippen molar-refractivity contribution in [1.82, 2.24) is 4.72 Å². The molecular formula is C18H22N2O5S. The highest BCUT2D eigenvalue weighted by Crippen LogP contribution is 2.28. The van der Waals surface area contributed by atoms with Gasteiger partial charge in [0.05, 0.1) is 24.8 Å². The van der Waals surface area contributed by atoms with E-state index in [0.29, 0.717) is 17.2 Å². The first kappa shape index (κ1) is 19.7. The molecule has 26 heavy (non-hydrogen) atoms. The molecule has 0 aliphatic rings. The molecule has 0 aliphatic heterocycles. The summed E-state index contributed by atoms with van der Waals surface area (Å²) in [6.45, 7) is 3.09. The standard InChI is InChI=1S/C18H22N2O5S/c1-12(14-5-7-15(24-3)8-6-14)20-26(22,23)16-9-10-18(25-4)17(11-16)19-13(2)21/h5-12,20H,1-4H3,(H,19,21)/t12-/m1/s1. The van der Waals surface area contributed by atoms with E-state index in [0.717, 1.165) is 5.56 Å². The summed E-state index contributed by atoms with van der Waals surface area (Å²) < 4.78 is 38.2.